The molecule has 0 bridgehead atoms. The van der Waals surface area contributed by atoms with E-state index in [1.165, 1.54) is 16.8 Å². The molecule has 1 heterocycles. The maximum Gasteiger partial charge on any atom is 0.265 e. The van der Waals surface area contributed by atoms with E-state index in [4.69, 9.17) is 0 Å². The molecular weight excluding hydrogens is 505 g/mol. The lowest BCUT2D eigenvalue weighted by Crippen LogP contribution is -2.58. The number of hydrogen-bond acceptors (Lipinski definition) is 6. The average Bonchev–Trinajstić information content (AvgIpc) is 3.33. The highest BCUT2D eigenvalue weighted by Crippen LogP contribution is 2.26. The molecule has 11 heteroatoms. The highest BCUT2D eigenvalue weighted by atomic mass is 19.1. The van der Waals surface area contributed by atoms with Crippen molar-refractivity contribution in [3.05, 3.63) is 30.3 Å². The molecule has 39 heavy (non-hydrogen) atoms. The first-order chi connectivity index (χ1) is 18.6. The SMILES string of the molecule is CCCCCC(=O)N1C[C@H](F)C[C@H]1C(=O)N(C)[C@H](C(=O)N[C@@H](CCNc1ccccc1)C(=O)NO)C(C)CC. The molecule has 1 fully saturated rings. The van der Waals surface area contributed by atoms with Gasteiger partial charge in [0.15, 0.2) is 0 Å². The minimum atomic E-state index is -1.31. The fourth-order valence-electron chi connectivity index (χ4n) is 4.90. The van der Waals surface area contributed by atoms with Crippen LogP contribution in [-0.2, 0) is 19.2 Å². The third kappa shape index (κ3) is 9.19. The second kappa shape index (κ2) is 16.0. The fourth-order valence-corrected chi connectivity index (χ4v) is 4.90. The summed E-state index contributed by atoms with van der Waals surface area (Å²) >= 11 is 0. The van der Waals surface area contributed by atoms with Crippen molar-refractivity contribution in [2.24, 2.45) is 5.92 Å². The van der Waals surface area contributed by atoms with Gasteiger partial charge in [0.05, 0.1) is 6.54 Å². The van der Waals surface area contributed by atoms with Crippen LogP contribution in [0.25, 0.3) is 0 Å². The Hall–Kier alpha value is -3.21. The summed E-state index contributed by atoms with van der Waals surface area (Å²) in [5.41, 5.74) is 2.43. The lowest BCUT2D eigenvalue weighted by Gasteiger charge is -2.35. The van der Waals surface area contributed by atoms with E-state index in [-0.39, 0.29) is 37.6 Å². The number of hydroxylamine groups is 1. The molecule has 1 saturated heterocycles. The Kier molecular flexibility index (Phi) is 13.1. The maximum absolute atomic E-state index is 14.4. The number of likely N-dealkylation sites (N-methyl/N-ethyl adjacent to an activating group) is 1. The summed E-state index contributed by atoms with van der Waals surface area (Å²) in [6.07, 6.45) is 2.03. The molecule has 218 valence electrons. The number of amides is 4. The van der Waals surface area contributed by atoms with Gasteiger partial charge < -0.3 is 20.4 Å². The van der Waals surface area contributed by atoms with Crippen molar-refractivity contribution < 1.29 is 28.8 Å². The monoisotopic (exact) mass is 549 g/mol. The van der Waals surface area contributed by atoms with Gasteiger partial charge in [-0.3, -0.25) is 24.4 Å². The standard InChI is InChI=1S/C28H44FN5O5/c1-5-7-9-14-24(35)34-18-20(29)17-23(34)28(38)33(4)25(19(3)6-2)27(37)31-22(26(36)32-39)15-16-30-21-12-10-8-11-13-21/h8,10-13,19-20,22-23,25,30,39H,5-7,9,14-18H2,1-4H3,(H,31,37)(H,32,36)/t19?,20-,22+,23+,25+/m1/s1. The largest absolute Gasteiger partial charge is 0.385 e. The lowest BCUT2D eigenvalue weighted by atomic mass is 9.95. The summed E-state index contributed by atoms with van der Waals surface area (Å²) in [7, 11) is 1.47. The van der Waals surface area contributed by atoms with Gasteiger partial charge in [0, 0.05) is 32.1 Å². The Labute approximate surface area is 230 Å². The molecular formula is C28H44FN5O5. The van der Waals surface area contributed by atoms with Gasteiger partial charge in [-0.1, -0.05) is 58.2 Å². The van der Waals surface area contributed by atoms with Crippen molar-refractivity contribution in [2.45, 2.75) is 90.0 Å². The number of carbonyl (C=O) groups excluding carboxylic acids is 4. The van der Waals surface area contributed by atoms with Gasteiger partial charge in [-0.05, 0) is 30.9 Å². The fraction of sp³-hybridized carbons (Fsp3) is 0.643. The van der Waals surface area contributed by atoms with Crippen molar-refractivity contribution in [3.63, 3.8) is 0 Å². The highest BCUT2D eigenvalue weighted by Gasteiger charge is 2.43. The van der Waals surface area contributed by atoms with Gasteiger partial charge in [-0.15, -0.1) is 0 Å². The minimum absolute atomic E-state index is 0.113. The number of hydrogen-bond donors (Lipinski definition) is 4. The van der Waals surface area contributed by atoms with E-state index in [9.17, 15) is 28.8 Å². The predicted octanol–water partition coefficient (Wildman–Crippen LogP) is 2.87. The van der Waals surface area contributed by atoms with Crippen molar-refractivity contribution in [1.29, 1.82) is 0 Å². The van der Waals surface area contributed by atoms with Crippen LogP contribution in [0.2, 0.25) is 0 Å². The Bertz CT molecular complexity index is 950. The molecule has 1 aliphatic heterocycles. The number of rotatable bonds is 15. The van der Waals surface area contributed by atoms with E-state index in [1.807, 2.05) is 51.1 Å². The summed E-state index contributed by atoms with van der Waals surface area (Å²) < 4.78 is 14.4. The number of likely N-dealkylation sites (tertiary alicyclic amines) is 1. The first kappa shape index (κ1) is 32.0. The van der Waals surface area contributed by atoms with Crippen LogP contribution in [0.5, 0.6) is 0 Å². The number of nitrogens with zero attached hydrogens (tertiary/aromatic N) is 2. The second-order valence-electron chi connectivity index (χ2n) is 10.3. The molecule has 0 aromatic heterocycles. The zero-order valence-electron chi connectivity index (χ0n) is 23.5. The summed E-state index contributed by atoms with van der Waals surface area (Å²) in [6.45, 7) is 5.91. The molecule has 4 amide bonds. The lowest BCUT2D eigenvalue weighted by molar-refractivity contribution is -0.148. The number of carbonyl (C=O) groups is 4. The van der Waals surface area contributed by atoms with E-state index in [1.54, 1.807) is 5.48 Å². The van der Waals surface area contributed by atoms with Gasteiger partial charge in [0.2, 0.25) is 17.7 Å². The second-order valence-corrected chi connectivity index (χ2v) is 10.3. The molecule has 0 saturated carbocycles. The van der Waals surface area contributed by atoms with Crippen LogP contribution in [0.1, 0.15) is 65.7 Å². The number of alkyl halides is 1. The number of para-hydroxylation sites is 1. The van der Waals surface area contributed by atoms with E-state index in [2.05, 4.69) is 10.6 Å². The molecule has 1 aromatic rings. The summed E-state index contributed by atoms with van der Waals surface area (Å²) in [5, 5.41) is 15.1. The molecule has 10 nitrogen and oxygen atoms in total. The van der Waals surface area contributed by atoms with Crippen LogP contribution in [0.15, 0.2) is 30.3 Å². The topological polar surface area (TPSA) is 131 Å². The highest BCUT2D eigenvalue weighted by molar-refractivity contribution is 5.94. The van der Waals surface area contributed by atoms with Gasteiger partial charge in [-0.25, -0.2) is 9.87 Å². The zero-order valence-corrected chi connectivity index (χ0v) is 23.5. The van der Waals surface area contributed by atoms with Crippen LogP contribution in [0.3, 0.4) is 0 Å². The smallest absolute Gasteiger partial charge is 0.265 e. The Morgan fingerprint density at radius 2 is 1.82 bits per heavy atom. The number of halogens is 1. The minimum Gasteiger partial charge on any atom is -0.385 e. The average molecular weight is 550 g/mol. The first-order valence-corrected chi connectivity index (χ1v) is 13.9. The molecule has 5 atom stereocenters. The number of anilines is 1. The van der Waals surface area contributed by atoms with Crippen LogP contribution in [0.4, 0.5) is 10.1 Å². The predicted molar refractivity (Wildman–Crippen MR) is 147 cm³/mol. The van der Waals surface area contributed by atoms with E-state index in [0.717, 1.165) is 18.5 Å². The molecule has 1 aliphatic rings. The zero-order chi connectivity index (χ0) is 28.9. The number of nitrogens with one attached hydrogen (secondary N) is 3. The Morgan fingerprint density at radius 3 is 2.44 bits per heavy atom. The molecule has 0 aliphatic carbocycles. The maximum atomic E-state index is 14.4. The van der Waals surface area contributed by atoms with Gasteiger partial charge >= 0.3 is 0 Å². The van der Waals surface area contributed by atoms with Gasteiger partial charge in [0.1, 0.15) is 24.3 Å². The van der Waals surface area contributed by atoms with Crippen molar-refractivity contribution in [2.75, 3.05) is 25.5 Å². The van der Waals surface area contributed by atoms with Gasteiger partial charge in [-0.2, -0.15) is 0 Å². The third-order valence-electron chi connectivity index (χ3n) is 7.35. The molecule has 1 unspecified atom stereocenters. The van der Waals surface area contributed by atoms with Crippen LogP contribution in [0, 0.1) is 5.92 Å². The summed E-state index contributed by atoms with van der Waals surface area (Å²) in [6, 6.07) is 6.32. The van der Waals surface area contributed by atoms with E-state index < -0.39 is 42.0 Å². The van der Waals surface area contributed by atoms with Crippen LogP contribution >= 0.6 is 0 Å². The van der Waals surface area contributed by atoms with Crippen molar-refractivity contribution >= 4 is 29.3 Å². The third-order valence-corrected chi connectivity index (χ3v) is 7.35. The molecule has 0 radical (unpaired) electrons. The Morgan fingerprint density at radius 1 is 1.13 bits per heavy atom. The molecule has 1 aromatic carbocycles. The molecule has 4 N–H and O–H groups in total. The van der Waals surface area contributed by atoms with E-state index in [0.29, 0.717) is 19.4 Å². The van der Waals surface area contributed by atoms with Crippen LogP contribution < -0.4 is 16.1 Å². The normalized spacial score (nSPS) is 19.1. The quantitative estimate of drug-likeness (QED) is 0.151. The molecule has 0 spiro atoms. The van der Waals surface area contributed by atoms with Crippen molar-refractivity contribution in [1.82, 2.24) is 20.6 Å². The number of benzene rings is 1. The number of unbranched alkanes of at least 4 members (excludes halogenated alkanes) is 2. The van der Waals surface area contributed by atoms with Crippen LogP contribution in [-0.4, -0.2) is 83.1 Å². The summed E-state index contributed by atoms with van der Waals surface area (Å²) in [4.78, 5) is 54.8. The van der Waals surface area contributed by atoms with E-state index >= 15 is 0 Å². The van der Waals surface area contributed by atoms with Crippen molar-refractivity contribution in [3.8, 4) is 0 Å². The summed E-state index contributed by atoms with van der Waals surface area (Å²) in [5.74, 6) is -2.41. The molecule has 2 rings (SSSR count). The first-order valence-electron chi connectivity index (χ1n) is 13.9. The Balaban J connectivity index is 2.14. The van der Waals surface area contributed by atoms with Gasteiger partial charge in [0.25, 0.3) is 5.91 Å².